The van der Waals surface area contributed by atoms with Crippen molar-refractivity contribution in [2.75, 3.05) is 0 Å². The van der Waals surface area contributed by atoms with Crippen molar-refractivity contribution < 1.29 is 17.6 Å². The molecule has 0 aliphatic heterocycles. The van der Waals surface area contributed by atoms with Gasteiger partial charge in [-0.15, -0.1) is 0 Å². The smallest absolute Gasteiger partial charge is 0.294 e. The first kappa shape index (κ1) is 18.9. The first-order valence-corrected chi connectivity index (χ1v) is 7.33. The number of aryl methyl sites for hydroxylation is 3. The number of pyridine rings is 1. The van der Waals surface area contributed by atoms with E-state index in [0.29, 0.717) is 26.5 Å². The van der Waals surface area contributed by atoms with Crippen LogP contribution in [0.3, 0.4) is 0 Å². The second-order valence-corrected chi connectivity index (χ2v) is 6.04. The molecule has 2 heterocycles. The second-order valence-electron chi connectivity index (χ2n) is 6.04. The van der Waals surface area contributed by atoms with Gasteiger partial charge in [-0.2, -0.15) is 17.6 Å². The Bertz CT molecular complexity index is 956. The van der Waals surface area contributed by atoms with Crippen molar-refractivity contribution in [3.05, 3.63) is 55.5 Å². The largest absolute Gasteiger partial charge is 0.349 e. The third kappa shape index (κ3) is 2.98. The zero-order chi connectivity index (χ0) is 19.3. The maximum absolute atomic E-state index is 13.9. The number of rotatable bonds is 3. The zero-order valence-corrected chi connectivity index (χ0v) is 14.3. The average Bonchev–Trinajstić information content (AvgIpc) is 2.46. The third-order valence-corrected chi connectivity index (χ3v) is 4.03. The molecule has 0 amide bonds. The molecule has 0 spiro atoms. The van der Waals surface area contributed by atoms with Crippen LogP contribution in [-0.2, 0) is 13.0 Å². The van der Waals surface area contributed by atoms with Gasteiger partial charge >= 0.3 is 17.5 Å². The van der Waals surface area contributed by atoms with Crippen molar-refractivity contribution in [1.29, 1.82) is 0 Å². The molecule has 9 heteroatoms. The van der Waals surface area contributed by atoms with Crippen molar-refractivity contribution in [3.63, 3.8) is 0 Å². The normalized spacial score (nSPS) is 12.5. The lowest BCUT2D eigenvalue weighted by Crippen LogP contribution is -2.46. The molecule has 0 aliphatic rings. The van der Waals surface area contributed by atoms with E-state index in [2.05, 4.69) is 4.98 Å². The summed E-state index contributed by atoms with van der Waals surface area (Å²) in [6, 6.07) is 2.03. The lowest BCUT2D eigenvalue weighted by Gasteiger charge is -2.25. The van der Waals surface area contributed by atoms with Crippen LogP contribution in [0.4, 0.5) is 17.6 Å². The molecular weight excluding hydrogens is 342 g/mol. The number of nitrogens with zero attached hydrogens (tertiary/aromatic N) is 3. The molecular formula is C16H17F4N3O2. The van der Waals surface area contributed by atoms with E-state index >= 15 is 0 Å². The van der Waals surface area contributed by atoms with Crippen LogP contribution >= 0.6 is 0 Å². The molecule has 0 saturated carbocycles. The minimum absolute atomic E-state index is 0.0215. The lowest BCUT2D eigenvalue weighted by molar-refractivity contribution is -0.208. The molecule has 0 aromatic carbocycles. The van der Waals surface area contributed by atoms with E-state index in [1.165, 1.54) is 0 Å². The van der Waals surface area contributed by atoms with Gasteiger partial charge in [-0.1, -0.05) is 6.07 Å². The summed E-state index contributed by atoms with van der Waals surface area (Å²) in [5.74, 6) is -9.14. The SMILES string of the molecule is Cc1cc(C)c(-n2c(=O)cc(C(F)(F)C(C)(F)F)n(C)c2=O)nc1C. The predicted molar refractivity (Wildman–Crippen MR) is 83.8 cm³/mol. The molecule has 0 radical (unpaired) electrons. The van der Waals surface area contributed by atoms with Crippen LogP contribution in [0, 0.1) is 20.8 Å². The van der Waals surface area contributed by atoms with Gasteiger partial charge in [0.2, 0.25) is 0 Å². The van der Waals surface area contributed by atoms with Gasteiger partial charge in [-0.25, -0.2) is 14.3 Å². The minimum atomic E-state index is -4.68. The molecule has 2 aromatic rings. The van der Waals surface area contributed by atoms with Crippen LogP contribution in [0.1, 0.15) is 29.4 Å². The Morgan fingerprint density at radius 1 is 1.00 bits per heavy atom. The van der Waals surface area contributed by atoms with E-state index in [1.807, 2.05) is 0 Å². The van der Waals surface area contributed by atoms with Crippen LogP contribution in [-0.4, -0.2) is 20.0 Å². The van der Waals surface area contributed by atoms with Crippen molar-refractivity contribution in [1.82, 2.24) is 14.1 Å². The second kappa shape index (κ2) is 5.82. The molecule has 0 atom stereocenters. The molecule has 0 saturated heterocycles. The molecule has 0 unspecified atom stereocenters. The van der Waals surface area contributed by atoms with Crippen molar-refractivity contribution in [3.8, 4) is 5.82 Å². The van der Waals surface area contributed by atoms with Gasteiger partial charge in [-0.3, -0.25) is 9.36 Å². The molecule has 136 valence electrons. The monoisotopic (exact) mass is 359 g/mol. The Balaban J connectivity index is 2.84. The standard InChI is InChI=1S/C16H17F4N3O2/c1-8-6-9(2)13(21-10(8)3)23-12(24)7-11(22(5)14(23)25)16(19,20)15(4,17)18/h6-7H,1-5H3. The summed E-state index contributed by atoms with van der Waals surface area (Å²) in [7, 11) is 0.906. The number of alkyl halides is 4. The fraction of sp³-hybridized carbons (Fsp3) is 0.438. The molecule has 0 aliphatic carbocycles. The molecule has 2 rings (SSSR count). The Morgan fingerprint density at radius 3 is 2.08 bits per heavy atom. The van der Waals surface area contributed by atoms with E-state index < -0.39 is 28.8 Å². The minimum Gasteiger partial charge on any atom is -0.294 e. The average molecular weight is 359 g/mol. The van der Waals surface area contributed by atoms with Crippen LogP contribution in [0.2, 0.25) is 0 Å². The van der Waals surface area contributed by atoms with Crippen LogP contribution in [0.5, 0.6) is 0 Å². The number of halogens is 4. The third-order valence-electron chi connectivity index (χ3n) is 4.03. The predicted octanol–water partition coefficient (Wildman–Crippen LogP) is 2.60. The summed E-state index contributed by atoms with van der Waals surface area (Å²) in [6.07, 6.45) is 0. The molecule has 25 heavy (non-hydrogen) atoms. The van der Waals surface area contributed by atoms with E-state index in [0.717, 1.165) is 12.6 Å². The lowest BCUT2D eigenvalue weighted by atomic mass is 10.1. The molecule has 2 aromatic heterocycles. The summed E-state index contributed by atoms with van der Waals surface area (Å²) in [5, 5.41) is 0. The van der Waals surface area contributed by atoms with Gasteiger partial charge < -0.3 is 0 Å². The van der Waals surface area contributed by atoms with E-state index in [4.69, 9.17) is 0 Å². The van der Waals surface area contributed by atoms with Gasteiger partial charge in [0, 0.05) is 25.7 Å². The van der Waals surface area contributed by atoms with Crippen molar-refractivity contribution in [2.45, 2.75) is 39.5 Å². The summed E-state index contributed by atoms with van der Waals surface area (Å²) in [5.41, 5.74) is -1.84. The van der Waals surface area contributed by atoms with Gasteiger partial charge in [0.1, 0.15) is 11.5 Å². The number of hydrogen-bond acceptors (Lipinski definition) is 3. The quantitative estimate of drug-likeness (QED) is 0.792. The first-order chi connectivity index (χ1) is 11.3. The van der Waals surface area contributed by atoms with Crippen molar-refractivity contribution in [2.24, 2.45) is 7.05 Å². The maximum Gasteiger partial charge on any atom is 0.349 e. The van der Waals surface area contributed by atoms with E-state index in [-0.39, 0.29) is 12.7 Å². The number of aromatic nitrogens is 3. The molecule has 0 bridgehead atoms. The molecule has 5 nitrogen and oxygen atoms in total. The first-order valence-electron chi connectivity index (χ1n) is 7.33. The van der Waals surface area contributed by atoms with Crippen molar-refractivity contribution >= 4 is 0 Å². The highest BCUT2D eigenvalue weighted by molar-refractivity contribution is 5.38. The Kier molecular flexibility index (Phi) is 4.39. The van der Waals surface area contributed by atoms with Gasteiger partial charge in [0.25, 0.3) is 5.56 Å². The Hall–Kier alpha value is -2.45. The summed E-state index contributed by atoms with van der Waals surface area (Å²) in [6.45, 7) is 5.07. The molecule has 0 fully saturated rings. The fourth-order valence-corrected chi connectivity index (χ4v) is 2.40. The van der Waals surface area contributed by atoms with E-state index in [9.17, 15) is 27.2 Å². The van der Waals surface area contributed by atoms with E-state index in [1.54, 1.807) is 26.8 Å². The summed E-state index contributed by atoms with van der Waals surface area (Å²) in [4.78, 5) is 28.9. The topological polar surface area (TPSA) is 56.9 Å². The van der Waals surface area contributed by atoms with Crippen LogP contribution in [0.15, 0.2) is 21.7 Å². The van der Waals surface area contributed by atoms with Gasteiger partial charge in [0.05, 0.1) is 0 Å². The highest BCUT2D eigenvalue weighted by Crippen LogP contribution is 2.41. The van der Waals surface area contributed by atoms with Gasteiger partial charge in [-0.05, 0) is 31.9 Å². The Morgan fingerprint density at radius 2 is 1.56 bits per heavy atom. The highest BCUT2D eigenvalue weighted by Gasteiger charge is 2.55. The van der Waals surface area contributed by atoms with Crippen LogP contribution < -0.4 is 11.2 Å². The zero-order valence-electron chi connectivity index (χ0n) is 14.3. The number of hydrogen-bond donors (Lipinski definition) is 0. The summed E-state index contributed by atoms with van der Waals surface area (Å²) >= 11 is 0. The van der Waals surface area contributed by atoms with Gasteiger partial charge in [0.15, 0.2) is 0 Å². The maximum atomic E-state index is 13.9. The summed E-state index contributed by atoms with van der Waals surface area (Å²) < 4.78 is 55.3. The Labute approximate surface area is 140 Å². The highest BCUT2D eigenvalue weighted by atomic mass is 19.3. The van der Waals surface area contributed by atoms with Crippen LogP contribution in [0.25, 0.3) is 5.82 Å². The fourth-order valence-electron chi connectivity index (χ4n) is 2.40. The molecule has 0 N–H and O–H groups in total.